The average Bonchev–Trinajstić information content (AvgIpc) is 2.41. The number of rotatable bonds is 4. The Kier molecular flexibility index (Phi) is 5.36. The second-order valence-corrected chi connectivity index (χ2v) is 6.44. The zero-order chi connectivity index (χ0) is 14.7. The van der Waals surface area contributed by atoms with Gasteiger partial charge in [0.05, 0.1) is 21.0 Å². The first kappa shape index (κ1) is 15.7. The van der Waals surface area contributed by atoms with Crippen LogP contribution < -0.4 is 4.74 Å². The topological polar surface area (TPSA) is 9.23 Å². The molecule has 4 heteroatoms. The van der Waals surface area contributed by atoms with Gasteiger partial charge in [0.2, 0.25) is 0 Å². The van der Waals surface area contributed by atoms with Crippen molar-refractivity contribution in [3.63, 3.8) is 0 Å². The number of halogens is 3. The highest BCUT2D eigenvalue weighted by molar-refractivity contribution is 9.09. The van der Waals surface area contributed by atoms with Crippen molar-refractivity contribution < 1.29 is 4.74 Å². The summed E-state index contributed by atoms with van der Waals surface area (Å²) in [6, 6.07) is 13.6. The summed E-state index contributed by atoms with van der Waals surface area (Å²) in [5.74, 6) is 0.862. The summed E-state index contributed by atoms with van der Waals surface area (Å²) in [5.41, 5.74) is 2.06. The van der Waals surface area contributed by atoms with Crippen molar-refractivity contribution in [2.75, 3.05) is 0 Å². The monoisotopic (exact) mass is 372 g/mol. The number of ether oxygens (including phenoxy) is 1. The van der Waals surface area contributed by atoms with Crippen LogP contribution in [0.25, 0.3) is 0 Å². The van der Waals surface area contributed by atoms with Gasteiger partial charge in [-0.1, -0.05) is 63.4 Å². The Morgan fingerprint density at radius 1 is 1.00 bits per heavy atom. The quantitative estimate of drug-likeness (QED) is 0.574. The molecule has 106 valence electrons. The van der Waals surface area contributed by atoms with Gasteiger partial charge in [0, 0.05) is 0 Å². The Balaban J connectivity index is 2.25. The van der Waals surface area contributed by atoms with Crippen molar-refractivity contribution in [3.05, 3.63) is 63.6 Å². The van der Waals surface area contributed by atoms with Crippen molar-refractivity contribution in [2.24, 2.45) is 0 Å². The molecule has 0 amide bonds. The van der Waals surface area contributed by atoms with E-state index in [0.717, 1.165) is 16.9 Å². The average molecular weight is 374 g/mol. The van der Waals surface area contributed by atoms with Crippen molar-refractivity contribution in [1.29, 1.82) is 0 Å². The van der Waals surface area contributed by atoms with Gasteiger partial charge in [0.25, 0.3) is 0 Å². The van der Waals surface area contributed by atoms with Crippen LogP contribution in [0.15, 0.2) is 42.5 Å². The fourth-order valence-electron chi connectivity index (χ4n) is 1.88. The van der Waals surface area contributed by atoms with Crippen LogP contribution in [-0.2, 0) is 0 Å². The summed E-state index contributed by atoms with van der Waals surface area (Å²) in [5, 5.41) is 1.15. The van der Waals surface area contributed by atoms with Crippen LogP contribution in [0.3, 0.4) is 0 Å². The molecule has 0 aromatic heterocycles. The Hall–Kier alpha value is -0.700. The molecule has 0 saturated heterocycles. The highest BCUT2D eigenvalue weighted by Gasteiger charge is 2.15. The van der Waals surface area contributed by atoms with E-state index in [1.165, 1.54) is 0 Å². The fraction of sp³-hybridized carbons (Fsp3) is 0.250. The predicted octanol–water partition coefficient (Wildman–Crippen LogP) is 6.26. The molecule has 0 bridgehead atoms. The minimum Gasteiger partial charge on any atom is -0.491 e. The second-order valence-electron chi connectivity index (χ2n) is 4.74. The number of benzene rings is 2. The Morgan fingerprint density at radius 2 is 1.65 bits per heavy atom. The maximum Gasteiger partial charge on any atom is 0.119 e. The van der Waals surface area contributed by atoms with Crippen LogP contribution >= 0.6 is 39.1 Å². The lowest BCUT2D eigenvalue weighted by Crippen LogP contribution is -2.05. The van der Waals surface area contributed by atoms with Gasteiger partial charge in [-0.15, -0.1) is 0 Å². The smallest absolute Gasteiger partial charge is 0.119 e. The number of hydrogen-bond donors (Lipinski definition) is 0. The molecule has 0 aliphatic rings. The van der Waals surface area contributed by atoms with Crippen LogP contribution in [0.2, 0.25) is 10.0 Å². The molecule has 0 radical (unpaired) electrons. The van der Waals surface area contributed by atoms with E-state index >= 15 is 0 Å². The Bertz CT molecular complexity index is 582. The molecule has 2 aromatic rings. The van der Waals surface area contributed by atoms with Crippen molar-refractivity contribution in [2.45, 2.75) is 24.8 Å². The van der Waals surface area contributed by atoms with E-state index in [1.54, 1.807) is 6.07 Å². The maximum absolute atomic E-state index is 6.25. The van der Waals surface area contributed by atoms with Gasteiger partial charge in [0.1, 0.15) is 5.75 Å². The van der Waals surface area contributed by atoms with Crippen molar-refractivity contribution >= 4 is 39.1 Å². The molecule has 1 nitrogen and oxygen atoms in total. The molecule has 20 heavy (non-hydrogen) atoms. The normalized spacial score (nSPS) is 12.5. The zero-order valence-corrected chi connectivity index (χ0v) is 14.3. The van der Waals surface area contributed by atoms with Crippen LogP contribution in [0, 0.1) is 0 Å². The van der Waals surface area contributed by atoms with E-state index in [0.29, 0.717) is 10.0 Å². The highest BCUT2D eigenvalue weighted by Crippen LogP contribution is 2.38. The van der Waals surface area contributed by atoms with Gasteiger partial charge >= 0.3 is 0 Å². The first-order valence-electron chi connectivity index (χ1n) is 6.33. The van der Waals surface area contributed by atoms with Gasteiger partial charge in [-0.3, -0.25) is 0 Å². The van der Waals surface area contributed by atoms with E-state index in [-0.39, 0.29) is 10.9 Å². The van der Waals surface area contributed by atoms with Gasteiger partial charge in [-0.2, -0.15) is 0 Å². The van der Waals surface area contributed by atoms with E-state index in [2.05, 4.69) is 15.9 Å². The zero-order valence-electron chi connectivity index (χ0n) is 11.2. The molecule has 0 N–H and O–H groups in total. The SMILES string of the molecule is CC(C)Oc1ccc(C(Br)c2cccc(Cl)c2Cl)cc1. The lowest BCUT2D eigenvalue weighted by atomic mass is 10.0. The van der Waals surface area contributed by atoms with Crippen LogP contribution in [-0.4, -0.2) is 6.10 Å². The van der Waals surface area contributed by atoms with Gasteiger partial charge < -0.3 is 4.74 Å². The lowest BCUT2D eigenvalue weighted by Gasteiger charge is -2.15. The Morgan fingerprint density at radius 3 is 2.25 bits per heavy atom. The fourth-order valence-corrected chi connectivity index (χ4v) is 3.12. The predicted molar refractivity (Wildman–Crippen MR) is 89.4 cm³/mol. The number of alkyl halides is 1. The second kappa shape index (κ2) is 6.84. The first-order chi connectivity index (χ1) is 9.49. The molecule has 1 atom stereocenters. The number of hydrogen-bond acceptors (Lipinski definition) is 1. The first-order valence-corrected chi connectivity index (χ1v) is 8.01. The van der Waals surface area contributed by atoms with E-state index < -0.39 is 0 Å². The summed E-state index contributed by atoms with van der Waals surface area (Å²) < 4.78 is 5.63. The largest absolute Gasteiger partial charge is 0.491 e. The van der Waals surface area contributed by atoms with E-state index in [4.69, 9.17) is 27.9 Å². The molecule has 1 unspecified atom stereocenters. The van der Waals surface area contributed by atoms with Crippen LogP contribution in [0.4, 0.5) is 0 Å². The molecule has 0 spiro atoms. The Labute approximate surface area is 138 Å². The minimum atomic E-state index is 0.00167. The molecule has 0 aliphatic carbocycles. The summed E-state index contributed by atoms with van der Waals surface area (Å²) >= 11 is 16.0. The van der Waals surface area contributed by atoms with Gasteiger partial charge in [-0.05, 0) is 43.2 Å². The van der Waals surface area contributed by atoms with Crippen molar-refractivity contribution in [3.8, 4) is 5.75 Å². The summed E-state index contributed by atoms with van der Waals surface area (Å²) in [4.78, 5) is 0.00167. The van der Waals surface area contributed by atoms with Gasteiger partial charge in [0.15, 0.2) is 0 Å². The molecule has 2 aromatic carbocycles. The molecule has 0 saturated carbocycles. The third-order valence-electron chi connectivity index (χ3n) is 2.80. The standard InChI is InChI=1S/C16H15BrCl2O/c1-10(2)20-12-8-6-11(7-9-12)15(17)13-4-3-5-14(18)16(13)19/h3-10,15H,1-2H3. The lowest BCUT2D eigenvalue weighted by molar-refractivity contribution is 0.242. The summed E-state index contributed by atoms with van der Waals surface area (Å²) in [6.45, 7) is 4.01. The van der Waals surface area contributed by atoms with Gasteiger partial charge in [-0.25, -0.2) is 0 Å². The minimum absolute atomic E-state index is 0.00167. The van der Waals surface area contributed by atoms with E-state index in [1.807, 2.05) is 50.2 Å². The molecule has 0 fully saturated rings. The van der Waals surface area contributed by atoms with Crippen LogP contribution in [0.5, 0.6) is 5.75 Å². The maximum atomic E-state index is 6.25. The molecule has 0 heterocycles. The molecule has 0 aliphatic heterocycles. The van der Waals surface area contributed by atoms with E-state index in [9.17, 15) is 0 Å². The highest BCUT2D eigenvalue weighted by atomic mass is 79.9. The van der Waals surface area contributed by atoms with Crippen LogP contribution in [0.1, 0.15) is 29.8 Å². The third kappa shape index (κ3) is 3.69. The molecular weight excluding hydrogens is 359 g/mol. The molecule has 2 rings (SSSR count). The summed E-state index contributed by atoms with van der Waals surface area (Å²) in [6.07, 6.45) is 0.169. The summed E-state index contributed by atoms with van der Waals surface area (Å²) in [7, 11) is 0. The molecular formula is C16H15BrCl2O. The third-order valence-corrected chi connectivity index (χ3v) is 4.65. The van der Waals surface area contributed by atoms with Crippen molar-refractivity contribution in [1.82, 2.24) is 0 Å².